The van der Waals surface area contributed by atoms with Gasteiger partial charge in [-0.15, -0.1) is 0 Å². The number of carbonyl (C=O) groups excluding carboxylic acids is 2. The third kappa shape index (κ3) is 9.10. The molecule has 9 heteroatoms. The smallest absolute Gasteiger partial charge is 0.303 e. The largest absolute Gasteiger partial charge is 0.481 e. The van der Waals surface area contributed by atoms with Crippen molar-refractivity contribution in [3.05, 3.63) is 0 Å². The molecule has 2 amide bonds. The molecule has 2 aliphatic rings. The zero-order valence-electron chi connectivity index (χ0n) is 17.7. The van der Waals surface area contributed by atoms with Gasteiger partial charge in [0.1, 0.15) is 0 Å². The predicted molar refractivity (Wildman–Crippen MR) is 111 cm³/mol. The number of likely N-dealkylation sites (N-methyl/N-ethyl adjacent to an activating group) is 1. The Bertz CT molecular complexity index is 537. The highest BCUT2D eigenvalue weighted by molar-refractivity contribution is 5.82. The van der Waals surface area contributed by atoms with Crippen LogP contribution < -0.4 is 10.6 Å². The SMILES string of the molecule is CN1CCN(CCN2CCCC2C(=O)NCCCC(=O)NCCCC(=O)O)CC1. The Labute approximate surface area is 173 Å². The molecule has 0 saturated carbocycles. The number of aliphatic carboxylic acids is 1. The quantitative estimate of drug-likeness (QED) is 0.375. The summed E-state index contributed by atoms with van der Waals surface area (Å²) in [6, 6.07) is -0.0488. The van der Waals surface area contributed by atoms with Gasteiger partial charge in [0.15, 0.2) is 0 Å². The number of carboxylic acid groups (broad SMARTS) is 1. The van der Waals surface area contributed by atoms with Crippen LogP contribution >= 0.6 is 0 Å². The molecule has 1 unspecified atom stereocenters. The van der Waals surface area contributed by atoms with Gasteiger partial charge in [-0.2, -0.15) is 0 Å². The summed E-state index contributed by atoms with van der Waals surface area (Å²) >= 11 is 0. The van der Waals surface area contributed by atoms with Gasteiger partial charge in [-0.3, -0.25) is 24.2 Å². The van der Waals surface area contributed by atoms with E-state index >= 15 is 0 Å². The second-order valence-electron chi connectivity index (χ2n) is 8.08. The fraction of sp³-hybridized carbons (Fsp3) is 0.850. The van der Waals surface area contributed by atoms with Crippen LogP contribution in [0.1, 0.15) is 38.5 Å². The van der Waals surface area contributed by atoms with Gasteiger partial charge in [0.05, 0.1) is 6.04 Å². The van der Waals surface area contributed by atoms with Gasteiger partial charge in [0.25, 0.3) is 0 Å². The summed E-state index contributed by atoms with van der Waals surface area (Å²) < 4.78 is 0. The molecular formula is C20H37N5O4. The molecule has 166 valence electrons. The highest BCUT2D eigenvalue weighted by atomic mass is 16.4. The molecule has 0 aromatic carbocycles. The summed E-state index contributed by atoms with van der Waals surface area (Å²) in [7, 11) is 2.15. The third-order valence-electron chi connectivity index (χ3n) is 5.74. The van der Waals surface area contributed by atoms with E-state index in [1.165, 1.54) is 0 Å². The topological polar surface area (TPSA) is 105 Å². The van der Waals surface area contributed by atoms with E-state index < -0.39 is 5.97 Å². The number of carboxylic acids is 1. The van der Waals surface area contributed by atoms with Crippen molar-refractivity contribution in [2.45, 2.75) is 44.6 Å². The Hall–Kier alpha value is -1.71. The third-order valence-corrected chi connectivity index (χ3v) is 5.74. The Balaban J connectivity index is 1.56. The highest BCUT2D eigenvalue weighted by Crippen LogP contribution is 2.17. The van der Waals surface area contributed by atoms with E-state index in [1.807, 2.05) is 0 Å². The van der Waals surface area contributed by atoms with Crippen LogP contribution in [0.25, 0.3) is 0 Å². The van der Waals surface area contributed by atoms with Crippen LogP contribution in [0, 0.1) is 0 Å². The van der Waals surface area contributed by atoms with Gasteiger partial charge in [-0.05, 0) is 39.3 Å². The lowest BCUT2D eigenvalue weighted by Gasteiger charge is -2.34. The minimum Gasteiger partial charge on any atom is -0.481 e. The van der Waals surface area contributed by atoms with E-state index in [1.54, 1.807) is 0 Å². The van der Waals surface area contributed by atoms with Crippen LogP contribution in [0.5, 0.6) is 0 Å². The number of nitrogens with zero attached hydrogens (tertiary/aromatic N) is 3. The maximum atomic E-state index is 12.5. The zero-order valence-corrected chi connectivity index (χ0v) is 17.7. The number of hydrogen-bond acceptors (Lipinski definition) is 6. The normalized spacial score (nSPS) is 21.2. The molecule has 9 nitrogen and oxygen atoms in total. The second-order valence-corrected chi connectivity index (χ2v) is 8.08. The lowest BCUT2D eigenvalue weighted by atomic mass is 10.2. The molecule has 0 radical (unpaired) electrons. The molecule has 2 saturated heterocycles. The first-order chi connectivity index (χ1) is 14.0. The molecule has 0 bridgehead atoms. The fourth-order valence-electron chi connectivity index (χ4n) is 3.87. The maximum absolute atomic E-state index is 12.5. The number of amides is 2. The number of carbonyl (C=O) groups is 3. The van der Waals surface area contributed by atoms with Crippen molar-refractivity contribution in [3.8, 4) is 0 Å². The van der Waals surface area contributed by atoms with E-state index in [2.05, 4.69) is 32.4 Å². The molecule has 0 spiro atoms. The van der Waals surface area contributed by atoms with E-state index in [0.29, 0.717) is 32.4 Å². The first-order valence-electron chi connectivity index (χ1n) is 10.9. The first-order valence-corrected chi connectivity index (χ1v) is 10.9. The lowest BCUT2D eigenvalue weighted by Crippen LogP contribution is -2.49. The number of nitrogens with one attached hydrogen (secondary N) is 2. The van der Waals surface area contributed by atoms with Crippen LogP contribution in [0.2, 0.25) is 0 Å². The first kappa shape index (κ1) is 23.6. The molecule has 29 heavy (non-hydrogen) atoms. The highest BCUT2D eigenvalue weighted by Gasteiger charge is 2.30. The molecule has 1 atom stereocenters. The van der Waals surface area contributed by atoms with Crippen molar-refractivity contribution in [1.82, 2.24) is 25.3 Å². The monoisotopic (exact) mass is 411 g/mol. The van der Waals surface area contributed by atoms with Crippen LogP contribution in [-0.2, 0) is 14.4 Å². The molecule has 0 aromatic heterocycles. The van der Waals surface area contributed by atoms with Gasteiger partial charge in [-0.25, -0.2) is 0 Å². The molecule has 2 fully saturated rings. The van der Waals surface area contributed by atoms with Gasteiger partial charge < -0.3 is 20.6 Å². The number of rotatable bonds is 12. The van der Waals surface area contributed by atoms with Gasteiger partial charge in [0.2, 0.25) is 11.8 Å². The summed E-state index contributed by atoms with van der Waals surface area (Å²) in [5, 5.41) is 14.2. The zero-order chi connectivity index (χ0) is 21.1. The van der Waals surface area contributed by atoms with E-state index in [-0.39, 0.29) is 24.3 Å². The summed E-state index contributed by atoms with van der Waals surface area (Å²) in [4.78, 5) is 41.8. The van der Waals surface area contributed by atoms with Crippen LogP contribution in [0.15, 0.2) is 0 Å². The molecule has 3 N–H and O–H groups in total. The van der Waals surface area contributed by atoms with Crippen molar-refractivity contribution in [2.75, 3.05) is 66.0 Å². The number of likely N-dealkylation sites (tertiary alicyclic amines) is 1. The van der Waals surface area contributed by atoms with Crippen molar-refractivity contribution < 1.29 is 19.5 Å². The Morgan fingerprint density at radius 2 is 1.62 bits per heavy atom. The van der Waals surface area contributed by atoms with Crippen molar-refractivity contribution >= 4 is 17.8 Å². The summed E-state index contributed by atoms with van der Waals surface area (Å²) in [6.07, 6.45) is 3.38. The van der Waals surface area contributed by atoms with E-state index in [4.69, 9.17) is 5.11 Å². The predicted octanol–water partition coefficient (Wildman–Crippen LogP) is -0.424. The Morgan fingerprint density at radius 3 is 2.34 bits per heavy atom. The minimum absolute atomic E-state index is 0.0488. The van der Waals surface area contributed by atoms with E-state index in [0.717, 1.165) is 58.7 Å². The van der Waals surface area contributed by atoms with E-state index in [9.17, 15) is 14.4 Å². The maximum Gasteiger partial charge on any atom is 0.303 e. The van der Waals surface area contributed by atoms with Gasteiger partial charge >= 0.3 is 5.97 Å². The van der Waals surface area contributed by atoms with Crippen LogP contribution in [-0.4, -0.2) is 110 Å². The minimum atomic E-state index is -0.855. The van der Waals surface area contributed by atoms with Crippen molar-refractivity contribution in [3.63, 3.8) is 0 Å². The summed E-state index contributed by atoms with van der Waals surface area (Å²) in [6.45, 7) is 8.20. The van der Waals surface area contributed by atoms with Crippen LogP contribution in [0.4, 0.5) is 0 Å². The summed E-state index contributed by atoms with van der Waals surface area (Å²) in [5.41, 5.74) is 0. The number of piperazine rings is 1. The molecule has 2 aliphatic heterocycles. The molecule has 2 heterocycles. The fourth-order valence-corrected chi connectivity index (χ4v) is 3.87. The van der Waals surface area contributed by atoms with Crippen molar-refractivity contribution in [1.29, 1.82) is 0 Å². The second kappa shape index (κ2) is 12.8. The lowest BCUT2D eigenvalue weighted by molar-refractivity contribution is -0.137. The molecule has 0 aliphatic carbocycles. The van der Waals surface area contributed by atoms with Crippen molar-refractivity contribution in [2.24, 2.45) is 0 Å². The average Bonchev–Trinajstić information content (AvgIpc) is 3.16. The van der Waals surface area contributed by atoms with Gasteiger partial charge in [-0.1, -0.05) is 0 Å². The Kier molecular flexibility index (Phi) is 10.4. The molecular weight excluding hydrogens is 374 g/mol. The average molecular weight is 412 g/mol. The summed E-state index contributed by atoms with van der Waals surface area (Å²) in [5.74, 6) is -0.881. The molecule has 2 rings (SSSR count). The van der Waals surface area contributed by atoms with Gasteiger partial charge in [0, 0.05) is 65.2 Å². The standard InChI is InChI=1S/C20H37N5O4/c1-23-11-13-24(14-12-23)15-16-25-10-4-5-17(25)20(29)22-9-2-6-18(26)21-8-3-7-19(27)28/h17H,2-16H2,1H3,(H,21,26)(H,22,29)(H,27,28). The Morgan fingerprint density at radius 1 is 0.931 bits per heavy atom. The van der Waals surface area contributed by atoms with Crippen LogP contribution in [0.3, 0.4) is 0 Å². The number of hydrogen-bond donors (Lipinski definition) is 3. The molecule has 0 aromatic rings.